The molecule has 0 bridgehead atoms. The van der Waals surface area contributed by atoms with Gasteiger partial charge in [0.05, 0.1) is 0 Å². The Morgan fingerprint density at radius 3 is 2.29 bits per heavy atom. The van der Waals surface area contributed by atoms with Gasteiger partial charge in [-0.2, -0.15) is 8.78 Å². The zero-order valence-electron chi connectivity index (χ0n) is 3.75. The first-order valence-corrected chi connectivity index (χ1v) is 1.83. The highest BCUT2D eigenvalue weighted by atomic mass is 19.3. The predicted molar refractivity (Wildman–Crippen MR) is 23.8 cm³/mol. The molecule has 0 spiro atoms. The zero-order valence-corrected chi connectivity index (χ0v) is 3.75. The first-order chi connectivity index (χ1) is 3.27. The van der Waals surface area contributed by atoms with Gasteiger partial charge in [-0.3, -0.25) is 0 Å². The summed E-state index contributed by atoms with van der Waals surface area (Å²) in [5.41, 5.74) is 0. The topological polar surface area (TPSA) is 0 Å². The van der Waals surface area contributed by atoms with E-state index in [1.54, 1.807) is 5.92 Å². The van der Waals surface area contributed by atoms with Gasteiger partial charge in [0, 0.05) is 6.42 Å². The minimum Gasteiger partial charge on any atom is -0.196 e. The Hall–Kier alpha value is -0.580. The number of rotatable bonds is 0. The van der Waals surface area contributed by atoms with Crippen molar-refractivity contribution in [1.29, 1.82) is 0 Å². The summed E-state index contributed by atoms with van der Waals surface area (Å²) >= 11 is 0. The monoisotopic (exact) mass is 103 g/mol. The molecule has 0 aliphatic heterocycles. The van der Waals surface area contributed by atoms with Crippen LogP contribution in [-0.2, 0) is 0 Å². The molecule has 0 atom stereocenters. The lowest BCUT2D eigenvalue weighted by Crippen LogP contribution is -1.79. The highest BCUT2D eigenvalue weighted by Crippen LogP contribution is 1.86. The van der Waals surface area contributed by atoms with E-state index < -0.39 is 6.43 Å². The molecule has 0 rings (SSSR count). The van der Waals surface area contributed by atoms with Crippen LogP contribution in [0.3, 0.4) is 0 Å². The number of halogens is 2. The largest absolute Gasteiger partial charge is 0.298 e. The molecule has 0 saturated heterocycles. The maximum atomic E-state index is 11.0. The summed E-state index contributed by atoms with van der Waals surface area (Å²) < 4.78 is 22.0. The normalized spacial score (nSPS) is 8.00. The fourth-order valence-electron chi connectivity index (χ4n) is 0.149. The summed E-state index contributed by atoms with van der Waals surface area (Å²) in [5.74, 6) is 3.79. The smallest absolute Gasteiger partial charge is 0.196 e. The van der Waals surface area contributed by atoms with Crippen LogP contribution in [0, 0.1) is 18.8 Å². The molecule has 0 amide bonds. The van der Waals surface area contributed by atoms with Gasteiger partial charge in [-0.25, -0.2) is 0 Å². The van der Waals surface area contributed by atoms with Crippen LogP contribution in [0.5, 0.6) is 0 Å². The van der Waals surface area contributed by atoms with Crippen molar-refractivity contribution in [2.24, 2.45) is 0 Å². The Balaban J connectivity index is 3.24. The van der Waals surface area contributed by atoms with Crippen LogP contribution in [0.25, 0.3) is 0 Å². The van der Waals surface area contributed by atoms with Crippen LogP contribution in [0.1, 0.15) is 6.42 Å². The molecule has 39 valence electrons. The molecule has 0 saturated carbocycles. The van der Waals surface area contributed by atoms with E-state index >= 15 is 0 Å². The maximum absolute atomic E-state index is 11.0. The van der Waals surface area contributed by atoms with Crippen molar-refractivity contribution in [1.82, 2.24) is 0 Å². The van der Waals surface area contributed by atoms with Crippen molar-refractivity contribution >= 4 is 0 Å². The quantitative estimate of drug-likeness (QED) is 0.407. The van der Waals surface area contributed by atoms with Crippen molar-refractivity contribution in [3.63, 3.8) is 0 Å². The zero-order chi connectivity index (χ0) is 5.70. The van der Waals surface area contributed by atoms with Crippen molar-refractivity contribution in [2.45, 2.75) is 12.8 Å². The average molecular weight is 103 g/mol. The van der Waals surface area contributed by atoms with E-state index in [0.29, 0.717) is 0 Å². The van der Waals surface area contributed by atoms with Gasteiger partial charge in [0.2, 0.25) is 0 Å². The Morgan fingerprint density at radius 2 is 2.14 bits per heavy atom. The molecule has 0 aliphatic rings. The molecular weight excluding hydrogens is 98.1 g/mol. The summed E-state index contributed by atoms with van der Waals surface area (Å²) in [4.78, 5) is 0. The summed E-state index contributed by atoms with van der Waals surface area (Å²) in [5, 5.41) is 0. The fraction of sp³-hybridized carbons (Fsp3) is 0.400. The Kier molecular flexibility index (Phi) is 3.31. The summed E-state index contributed by atoms with van der Waals surface area (Å²) in [7, 11) is 0. The molecule has 0 nitrogen and oxygen atoms in total. The highest BCUT2D eigenvalue weighted by Gasteiger charge is 1.88. The Labute approximate surface area is 41.5 Å². The van der Waals surface area contributed by atoms with Crippen LogP contribution in [0.4, 0.5) is 8.78 Å². The molecule has 0 heterocycles. The Bertz CT molecular complexity index is 86.0. The summed E-state index contributed by atoms with van der Waals surface area (Å²) in [6.07, 6.45) is -2.24. The second kappa shape index (κ2) is 3.60. The van der Waals surface area contributed by atoms with Gasteiger partial charge in [0.25, 0.3) is 6.43 Å². The minimum atomic E-state index is -2.50. The van der Waals surface area contributed by atoms with E-state index in [1.165, 1.54) is 0 Å². The standard InChI is InChI=1S/C5H5F2/c1-2-3-4-5(6)7/h5H,1-2H2. The van der Waals surface area contributed by atoms with Gasteiger partial charge in [-0.1, -0.05) is 5.92 Å². The molecule has 0 aliphatic carbocycles. The fourth-order valence-corrected chi connectivity index (χ4v) is 0.149. The Morgan fingerprint density at radius 1 is 1.57 bits per heavy atom. The van der Waals surface area contributed by atoms with E-state index in [-0.39, 0.29) is 6.42 Å². The molecular formula is C5H5F2. The average Bonchev–Trinajstić information content (AvgIpc) is 1.61. The maximum Gasteiger partial charge on any atom is 0.298 e. The van der Waals surface area contributed by atoms with Crippen molar-refractivity contribution in [2.75, 3.05) is 0 Å². The molecule has 2 heteroatoms. The molecule has 7 heavy (non-hydrogen) atoms. The third-order valence-corrected chi connectivity index (χ3v) is 0.336. The number of hydrogen-bond acceptors (Lipinski definition) is 0. The van der Waals surface area contributed by atoms with E-state index in [9.17, 15) is 8.78 Å². The minimum absolute atomic E-state index is 0.254. The van der Waals surface area contributed by atoms with E-state index in [4.69, 9.17) is 0 Å². The second-order valence-electron chi connectivity index (χ2n) is 0.872. The molecule has 0 fully saturated rings. The van der Waals surface area contributed by atoms with Gasteiger partial charge in [-0.15, -0.1) is 0 Å². The summed E-state index contributed by atoms with van der Waals surface area (Å²) in [6, 6.07) is 0. The lowest BCUT2D eigenvalue weighted by atomic mass is 10.5. The van der Waals surface area contributed by atoms with E-state index in [0.717, 1.165) is 0 Å². The molecule has 0 aromatic rings. The van der Waals surface area contributed by atoms with Gasteiger partial charge < -0.3 is 0 Å². The third-order valence-electron chi connectivity index (χ3n) is 0.336. The van der Waals surface area contributed by atoms with Crippen LogP contribution in [0.15, 0.2) is 0 Å². The third kappa shape index (κ3) is 5.42. The lowest BCUT2D eigenvalue weighted by Gasteiger charge is -1.75. The van der Waals surface area contributed by atoms with E-state index in [1.807, 2.05) is 0 Å². The first kappa shape index (κ1) is 6.42. The molecule has 0 aromatic carbocycles. The van der Waals surface area contributed by atoms with Gasteiger partial charge >= 0.3 is 0 Å². The first-order valence-electron chi connectivity index (χ1n) is 1.83. The molecule has 0 unspecified atom stereocenters. The molecule has 1 radical (unpaired) electrons. The van der Waals surface area contributed by atoms with Crippen molar-refractivity contribution in [3.05, 3.63) is 6.92 Å². The van der Waals surface area contributed by atoms with Crippen molar-refractivity contribution < 1.29 is 8.78 Å². The van der Waals surface area contributed by atoms with Crippen LogP contribution in [-0.4, -0.2) is 6.43 Å². The van der Waals surface area contributed by atoms with Crippen LogP contribution in [0.2, 0.25) is 0 Å². The van der Waals surface area contributed by atoms with Gasteiger partial charge in [0.15, 0.2) is 0 Å². The van der Waals surface area contributed by atoms with Crippen LogP contribution < -0.4 is 0 Å². The summed E-state index contributed by atoms with van der Waals surface area (Å²) in [6.45, 7) is 3.25. The highest BCUT2D eigenvalue weighted by molar-refractivity contribution is 5.01. The molecule has 0 aromatic heterocycles. The predicted octanol–water partition coefficient (Wildman–Crippen LogP) is 1.48. The lowest BCUT2D eigenvalue weighted by molar-refractivity contribution is 0.215. The SMILES string of the molecule is [CH2]CC#CC(F)F. The number of alkyl halides is 2. The van der Waals surface area contributed by atoms with Gasteiger partial charge in [-0.05, 0) is 12.8 Å². The van der Waals surface area contributed by atoms with E-state index in [2.05, 4.69) is 12.8 Å². The molecule has 0 N–H and O–H groups in total. The van der Waals surface area contributed by atoms with Crippen molar-refractivity contribution in [3.8, 4) is 11.8 Å². The van der Waals surface area contributed by atoms with Gasteiger partial charge in [0.1, 0.15) is 0 Å². The number of hydrogen-bond donors (Lipinski definition) is 0. The second-order valence-corrected chi connectivity index (χ2v) is 0.872. The van der Waals surface area contributed by atoms with Crippen LogP contribution >= 0.6 is 0 Å².